The van der Waals surface area contributed by atoms with E-state index in [1.165, 1.54) is 0 Å². The molecule has 1 fully saturated rings. The van der Waals surface area contributed by atoms with E-state index >= 15 is 0 Å². The average molecular weight is 414 g/mol. The fourth-order valence-corrected chi connectivity index (χ4v) is 3.22. The van der Waals surface area contributed by atoms with Gasteiger partial charge in [-0.15, -0.1) is 35.3 Å². The van der Waals surface area contributed by atoms with E-state index in [0.29, 0.717) is 5.96 Å². The molecule has 1 aliphatic rings. The van der Waals surface area contributed by atoms with Crippen LogP contribution in [0.5, 0.6) is 0 Å². The summed E-state index contributed by atoms with van der Waals surface area (Å²) < 4.78 is 6.40. The van der Waals surface area contributed by atoms with Crippen LogP contribution in [0.3, 0.4) is 0 Å². The van der Waals surface area contributed by atoms with E-state index in [4.69, 9.17) is 10.5 Å². The number of aliphatic imine (C=N–C) groups is 1. The van der Waals surface area contributed by atoms with Gasteiger partial charge in [-0.25, -0.2) is 4.98 Å². The first-order valence-corrected chi connectivity index (χ1v) is 7.87. The van der Waals surface area contributed by atoms with Crippen LogP contribution < -0.4 is 5.73 Å². The van der Waals surface area contributed by atoms with Crippen LogP contribution in [0.15, 0.2) is 20.9 Å². The molecule has 1 saturated heterocycles. The predicted octanol–water partition coefficient (Wildman–Crippen LogP) is 1.89. The van der Waals surface area contributed by atoms with Gasteiger partial charge in [-0.2, -0.15) is 0 Å². The summed E-state index contributed by atoms with van der Waals surface area (Å²) in [7, 11) is 0. The Morgan fingerprint density at radius 1 is 1.53 bits per heavy atom. The Labute approximate surface area is 139 Å². The maximum absolute atomic E-state index is 5.93. The molecule has 2 N–H and O–H groups in total. The minimum absolute atomic E-state index is 0. The van der Waals surface area contributed by atoms with Crippen molar-refractivity contribution in [3.63, 3.8) is 0 Å². The largest absolute Gasteiger partial charge is 0.378 e. The van der Waals surface area contributed by atoms with E-state index in [-0.39, 0.29) is 24.0 Å². The normalized spacial score (nSPS) is 16.2. The Hall–Kier alpha value is -0.0600. The molecular weight excluding hydrogens is 395 g/mol. The Morgan fingerprint density at radius 2 is 2.32 bits per heavy atom. The lowest BCUT2D eigenvalue weighted by molar-refractivity contribution is 0.0674. The standard InChI is InChI=1S/C11H18N4OS2.HI/c12-10(15-4-6-16-7-5-15)13-2-1-8-17-11-14-3-9-18-11;/h3,9H,1-2,4-8H2,(H2,12,13);1H. The molecule has 8 heteroatoms. The molecule has 0 bridgehead atoms. The maximum atomic E-state index is 5.93. The Balaban J connectivity index is 0.00000180. The number of nitrogens with zero attached hydrogens (tertiary/aromatic N) is 3. The zero-order valence-electron chi connectivity index (χ0n) is 10.7. The van der Waals surface area contributed by atoms with Crippen molar-refractivity contribution in [2.45, 2.75) is 10.8 Å². The Morgan fingerprint density at radius 3 is 3.00 bits per heavy atom. The maximum Gasteiger partial charge on any atom is 0.191 e. The van der Waals surface area contributed by atoms with Crippen LogP contribution >= 0.6 is 47.1 Å². The van der Waals surface area contributed by atoms with E-state index < -0.39 is 0 Å². The summed E-state index contributed by atoms with van der Waals surface area (Å²) in [6, 6.07) is 0. The van der Waals surface area contributed by atoms with E-state index in [2.05, 4.69) is 14.9 Å². The number of halogens is 1. The SMILES string of the molecule is I.NC(=NCCCSc1nccs1)N1CCOCC1. The highest BCUT2D eigenvalue weighted by Crippen LogP contribution is 2.20. The van der Waals surface area contributed by atoms with Crippen LogP contribution in [0.25, 0.3) is 0 Å². The summed E-state index contributed by atoms with van der Waals surface area (Å²) in [5, 5.41) is 2.00. The number of nitrogens with two attached hydrogens (primary N) is 1. The second kappa shape index (κ2) is 9.78. The van der Waals surface area contributed by atoms with E-state index in [9.17, 15) is 0 Å². The first kappa shape index (κ1) is 17.0. The fraction of sp³-hybridized carbons (Fsp3) is 0.636. The zero-order chi connectivity index (χ0) is 12.6. The molecule has 2 rings (SSSR count). The Kier molecular flexibility index (Phi) is 8.75. The number of ether oxygens (including phenoxy) is 1. The van der Waals surface area contributed by atoms with Crippen molar-refractivity contribution in [1.82, 2.24) is 9.88 Å². The highest BCUT2D eigenvalue weighted by atomic mass is 127. The molecule has 19 heavy (non-hydrogen) atoms. The smallest absolute Gasteiger partial charge is 0.191 e. The van der Waals surface area contributed by atoms with Gasteiger partial charge in [-0.1, -0.05) is 11.8 Å². The van der Waals surface area contributed by atoms with Gasteiger partial charge < -0.3 is 15.4 Å². The lowest BCUT2D eigenvalue weighted by Crippen LogP contribution is -2.44. The molecule has 0 aromatic carbocycles. The third-order valence-electron chi connectivity index (χ3n) is 2.55. The van der Waals surface area contributed by atoms with Crippen LogP contribution in [-0.2, 0) is 4.74 Å². The molecule has 0 atom stereocenters. The third kappa shape index (κ3) is 6.28. The third-order valence-corrected chi connectivity index (χ3v) is 4.60. The summed E-state index contributed by atoms with van der Waals surface area (Å²) in [5.74, 6) is 1.69. The minimum atomic E-state index is 0. The van der Waals surface area contributed by atoms with Crippen LogP contribution in [-0.4, -0.2) is 54.4 Å². The molecule has 1 aromatic heterocycles. The zero-order valence-corrected chi connectivity index (χ0v) is 14.6. The first-order chi connectivity index (χ1) is 8.86. The van der Waals surface area contributed by atoms with Gasteiger partial charge in [0.2, 0.25) is 0 Å². The number of morpholine rings is 1. The predicted molar refractivity (Wildman–Crippen MR) is 91.8 cm³/mol. The fourth-order valence-electron chi connectivity index (χ4n) is 1.59. The van der Waals surface area contributed by atoms with E-state index in [1.54, 1.807) is 23.1 Å². The highest BCUT2D eigenvalue weighted by Gasteiger charge is 2.11. The van der Waals surface area contributed by atoms with Crippen molar-refractivity contribution in [2.75, 3.05) is 38.6 Å². The minimum Gasteiger partial charge on any atom is -0.378 e. The molecule has 108 valence electrons. The van der Waals surface area contributed by atoms with Gasteiger partial charge in [0.25, 0.3) is 0 Å². The van der Waals surface area contributed by atoms with Crippen molar-refractivity contribution >= 4 is 53.0 Å². The summed E-state index contributed by atoms with van der Waals surface area (Å²) in [5.41, 5.74) is 5.93. The van der Waals surface area contributed by atoms with Crippen LogP contribution in [0.1, 0.15) is 6.42 Å². The van der Waals surface area contributed by atoms with Gasteiger partial charge in [0.05, 0.1) is 13.2 Å². The van der Waals surface area contributed by atoms with Gasteiger partial charge in [0, 0.05) is 37.0 Å². The molecule has 5 nitrogen and oxygen atoms in total. The first-order valence-electron chi connectivity index (χ1n) is 6.01. The second-order valence-electron chi connectivity index (χ2n) is 3.84. The van der Waals surface area contributed by atoms with Crippen molar-refractivity contribution in [1.29, 1.82) is 0 Å². The lowest BCUT2D eigenvalue weighted by atomic mass is 10.4. The molecule has 0 unspecified atom stereocenters. The highest BCUT2D eigenvalue weighted by molar-refractivity contribution is 14.0. The van der Waals surface area contributed by atoms with Crippen LogP contribution in [0.4, 0.5) is 0 Å². The summed E-state index contributed by atoms with van der Waals surface area (Å²) in [4.78, 5) is 10.7. The van der Waals surface area contributed by atoms with Crippen molar-refractivity contribution in [2.24, 2.45) is 10.7 Å². The number of thiazole rings is 1. The second-order valence-corrected chi connectivity index (χ2v) is 6.08. The monoisotopic (exact) mass is 414 g/mol. The number of rotatable bonds is 5. The molecule has 1 aromatic rings. The van der Waals surface area contributed by atoms with Gasteiger partial charge in [-0.05, 0) is 6.42 Å². The number of hydrogen-bond acceptors (Lipinski definition) is 5. The van der Waals surface area contributed by atoms with Crippen molar-refractivity contribution in [3.05, 3.63) is 11.6 Å². The quantitative estimate of drug-likeness (QED) is 0.262. The molecule has 1 aliphatic heterocycles. The molecule has 0 saturated carbocycles. The summed E-state index contributed by atoms with van der Waals surface area (Å²) >= 11 is 3.46. The molecule has 0 amide bonds. The molecule has 2 heterocycles. The van der Waals surface area contributed by atoms with Crippen molar-refractivity contribution in [3.8, 4) is 0 Å². The van der Waals surface area contributed by atoms with Gasteiger partial charge in [0.15, 0.2) is 5.96 Å². The summed E-state index contributed by atoms with van der Waals surface area (Å²) in [6.07, 6.45) is 2.86. The molecule has 0 aliphatic carbocycles. The molecule has 0 spiro atoms. The van der Waals surface area contributed by atoms with E-state index in [0.717, 1.165) is 49.4 Å². The topological polar surface area (TPSA) is 63.7 Å². The van der Waals surface area contributed by atoms with E-state index in [1.807, 2.05) is 11.6 Å². The van der Waals surface area contributed by atoms with Crippen molar-refractivity contribution < 1.29 is 4.74 Å². The summed E-state index contributed by atoms with van der Waals surface area (Å²) in [6.45, 7) is 3.97. The lowest BCUT2D eigenvalue weighted by Gasteiger charge is -2.27. The Bertz CT molecular complexity index is 369. The number of hydrogen-bond donors (Lipinski definition) is 1. The van der Waals surface area contributed by atoms with Gasteiger partial charge in [-0.3, -0.25) is 4.99 Å². The molecule has 0 radical (unpaired) electrons. The van der Waals surface area contributed by atoms with Gasteiger partial charge in [0.1, 0.15) is 4.34 Å². The van der Waals surface area contributed by atoms with Gasteiger partial charge >= 0.3 is 0 Å². The van der Waals surface area contributed by atoms with Crippen LogP contribution in [0.2, 0.25) is 0 Å². The molecular formula is C11H19IN4OS2. The average Bonchev–Trinajstić information content (AvgIpc) is 2.92. The number of aromatic nitrogens is 1. The van der Waals surface area contributed by atoms with Crippen LogP contribution in [0, 0.1) is 0 Å². The number of guanidine groups is 1. The number of thioether (sulfide) groups is 1.